The second kappa shape index (κ2) is 8.53. The van der Waals surface area contributed by atoms with Crippen LogP contribution in [0.1, 0.15) is 19.7 Å². The molecule has 0 atom stereocenters. The molecular formula is C16H23BrN6S. The van der Waals surface area contributed by atoms with Crippen LogP contribution in [0, 0.1) is 0 Å². The number of aryl methyl sites for hydroxylation is 1. The minimum atomic E-state index is 0.0240. The van der Waals surface area contributed by atoms with E-state index in [1.165, 1.54) is 4.90 Å². The Morgan fingerprint density at radius 1 is 1.29 bits per heavy atom. The highest BCUT2D eigenvalue weighted by atomic mass is 79.9. The molecule has 1 heterocycles. The zero-order chi connectivity index (χ0) is 17.6. The summed E-state index contributed by atoms with van der Waals surface area (Å²) in [6.07, 6.45) is 1.69. The van der Waals surface area contributed by atoms with Crippen molar-refractivity contribution in [3.05, 3.63) is 40.9 Å². The normalized spacial score (nSPS) is 12.3. The van der Waals surface area contributed by atoms with E-state index >= 15 is 0 Å². The van der Waals surface area contributed by atoms with Gasteiger partial charge in [-0.05, 0) is 38.1 Å². The minimum Gasteiger partial charge on any atom is -0.355 e. The highest BCUT2D eigenvalue weighted by Gasteiger charge is 2.20. The number of thioether (sulfide) groups is 1. The third kappa shape index (κ3) is 5.83. The van der Waals surface area contributed by atoms with Crippen LogP contribution >= 0.6 is 27.7 Å². The van der Waals surface area contributed by atoms with E-state index in [0.717, 1.165) is 22.8 Å². The zero-order valence-corrected chi connectivity index (χ0v) is 16.8. The van der Waals surface area contributed by atoms with E-state index < -0.39 is 0 Å². The van der Waals surface area contributed by atoms with Gasteiger partial charge < -0.3 is 15.2 Å². The Bertz CT molecular complexity index is 680. The molecule has 0 radical (unpaired) electrons. The minimum absolute atomic E-state index is 0.0240. The molecule has 0 saturated heterocycles. The van der Waals surface area contributed by atoms with Gasteiger partial charge in [-0.3, -0.25) is 4.99 Å². The van der Waals surface area contributed by atoms with Gasteiger partial charge in [0.2, 0.25) is 0 Å². The number of halogens is 1. The smallest absolute Gasteiger partial charge is 0.191 e. The maximum atomic E-state index is 4.26. The first-order valence-corrected chi connectivity index (χ1v) is 9.22. The third-order valence-electron chi connectivity index (χ3n) is 3.33. The van der Waals surface area contributed by atoms with Gasteiger partial charge in [-0.25, -0.2) is 0 Å². The van der Waals surface area contributed by atoms with Gasteiger partial charge in [-0.15, -0.1) is 22.0 Å². The molecule has 2 aromatic rings. The predicted octanol–water partition coefficient (Wildman–Crippen LogP) is 2.81. The van der Waals surface area contributed by atoms with E-state index in [0.29, 0.717) is 6.54 Å². The lowest BCUT2D eigenvalue weighted by atomic mass is 10.2. The molecular weight excluding hydrogens is 388 g/mol. The molecule has 8 heteroatoms. The summed E-state index contributed by atoms with van der Waals surface area (Å²) >= 11 is 5.30. The largest absolute Gasteiger partial charge is 0.355 e. The Labute approximate surface area is 155 Å². The van der Waals surface area contributed by atoms with Crippen molar-refractivity contribution >= 4 is 33.7 Å². The van der Waals surface area contributed by atoms with E-state index in [9.17, 15) is 0 Å². The monoisotopic (exact) mass is 410 g/mol. The zero-order valence-electron chi connectivity index (χ0n) is 14.4. The fourth-order valence-corrected chi connectivity index (χ4v) is 3.32. The van der Waals surface area contributed by atoms with Gasteiger partial charge in [-0.1, -0.05) is 15.9 Å². The molecule has 0 amide bonds. The maximum Gasteiger partial charge on any atom is 0.191 e. The Morgan fingerprint density at radius 3 is 2.58 bits per heavy atom. The molecule has 0 spiro atoms. The van der Waals surface area contributed by atoms with Crippen LogP contribution in [0.4, 0.5) is 0 Å². The van der Waals surface area contributed by atoms with Crippen LogP contribution in [0.3, 0.4) is 0 Å². The van der Waals surface area contributed by atoms with Crippen molar-refractivity contribution in [3.63, 3.8) is 0 Å². The first-order chi connectivity index (χ1) is 11.4. The first kappa shape index (κ1) is 18.8. The second-order valence-corrected chi connectivity index (χ2v) is 8.65. The average molecular weight is 411 g/mol. The number of aromatic nitrogens is 3. The summed E-state index contributed by atoms with van der Waals surface area (Å²) < 4.78 is 3.00. The standard InChI is InChI=1S/C16H23BrN6S/c1-16(2,24-13-7-5-12(17)6-8-13)10-20-15(18-3)19-9-14-22-21-11-23(14)4/h5-8,11H,9-10H2,1-4H3,(H2,18,19,20). The van der Waals surface area contributed by atoms with Crippen molar-refractivity contribution in [3.8, 4) is 0 Å². The van der Waals surface area contributed by atoms with Crippen LogP contribution in [0.15, 0.2) is 45.0 Å². The quantitative estimate of drug-likeness (QED) is 0.435. The molecule has 1 aromatic carbocycles. The molecule has 0 fully saturated rings. The van der Waals surface area contributed by atoms with E-state index in [1.807, 2.05) is 23.4 Å². The van der Waals surface area contributed by atoms with E-state index in [4.69, 9.17) is 0 Å². The molecule has 0 saturated carbocycles. The molecule has 0 unspecified atom stereocenters. The van der Waals surface area contributed by atoms with E-state index in [1.54, 1.807) is 13.4 Å². The number of nitrogens with zero attached hydrogens (tertiary/aromatic N) is 4. The van der Waals surface area contributed by atoms with Crippen LogP contribution < -0.4 is 10.6 Å². The molecule has 0 aliphatic rings. The summed E-state index contributed by atoms with van der Waals surface area (Å²) in [6.45, 7) is 5.79. The van der Waals surface area contributed by atoms with Crippen molar-refractivity contribution in [1.82, 2.24) is 25.4 Å². The van der Waals surface area contributed by atoms with Gasteiger partial charge in [0.1, 0.15) is 6.33 Å². The SMILES string of the molecule is CN=C(NCc1nncn1C)NCC(C)(C)Sc1ccc(Br)cc1. The topological polar surface area (TPSA) is 67.1 Å². The Balaban J connectivity index is 1.84. The number of rotatable bonds is 6. The summed E-state index contributed by atoms with van der Waals surface area (Å²) in [5, 5.41) is 14.6. The highest BCUT2D eigenvalue weighted by molar-refractivity contribution is 9.10. The first-order valence-electron chi connectivity index (χ1n) is 7.61. The Kier molecular flexibility index (Phi) is 6.68. The van der Waals surface area contributed by atoms with Crippen LogP contribution in [-0.2, 0) is 13.6 Å². The molecule has 1 aromatic heterocycles. The molecule has 24 heavy (non-hydrogen) atoms. The van der Waals surface area contributed by atoms with Gasteiger partial charge in [0.25, 0.3) is 0 Å². The summed E-state index contributed by atoms with van der Waals surface area (Å²) in [5.74, 6) is 1.61. The number of benzene rings is 1. The Morgan fingerprint density at radius 2 is 2.00 bits per heavy atom. The molecule has 0 aliphatic heterocycles. The predicted molar refractivity (Wildman–Crippen MR) is 103 cm³/mol. The Hall–Kier alpha value is -1.54. The number of nitrogens with one attached hydrogen (secondary N) is 2. The van der Waals surface area contributed by atoms with Crippen LogP contribution in [0.2, 0.25) is 0 Å². The van der Waals surface area contributed by atoms with Crippen LogP contribution in [0.5, 0.6) is 0 Å². The second-order valence-electron chi connectivity index (χ2n) is 5.95. The van der Waals surface area contributed by atoms with E-state index in [2.05, 4.69) is 79.9 Å². The summed E-state index contributed by atoms with van der Waals surface area (Å²) in [7, 11) is 3.69. The van der Waals surface area contributed by atoms with Gasteiger partial charge >= 0.3 is 0 Å². The van der Waals surface area contributed by atoms with Crippen LogP contribution in [-0.4, -0.2) is 39.1 Å². The summed E-state index contributed by atoms with van der Waals surface area (Å²) in [6, 6.07) is 8.37. The lowest BCUT2D eigenvalue weighted by Gasteiger charge is -2.25. The lowest BCUT2D eigenvalue weighted by molar-refractivity contribution is 0.655. The number of guanidine groups is 1. The molecule has 0 aliphatic carbocycles. The van der Waals surface area contributed by atoms with Crippen molar-refractivity contribution in [1.29, 1.82) is 0 Å². The summed E-state index contributed by atoms with van der Waals surface area (Å²) in [5.41, 5.74) is 0. The number of aliphatic imine (C=N–C) groups is 1. The highest BCUT2D eigenvalue weighted by Crippen LogP contribution is 2.32. The number of hydrogen-bond acceptors (Lipinski definition) is 4. The van der Waals surface area contributed by atoms with Crippen LogP contribution in [0.25, 0.3) is 0 Å². The molecule has 0 bridgehead atoms. The fourth-order valence-electron chi connectivity index (χ4n) is 2.00. The van der Waals surface area contributed by atoms with E-state index in [-0.39, 0.29) is 4.75 Å². The molecule has 6 nitrogen and oxygen atoms in total. The van der Waals surface area contributed by atoms with Crippen molar-refractivity contribution < 1.29 is 0 Å². The molecule has 130 valence electrons. The van der Waals surface area contributed by atoms with Crippen molar-refractivity contribution in [2.45, 2.75) is 30.0 Å². The molecule has 2 N–H and O–H groups in total. The maximum absolute atomic E-state index is 4.26. The average Bonchev–Trinajstić information content (AvgIpc) is 2.95. The lowest BCUT2D eigenvalue weighted by Crippen LogP contribution is -2.43. The number of hydrogen-bond donors (Lipinski definition) is 2. The summed E-state index contributed by atoms with van der Waals surface area (Å²) in [4.78, 5) is 5.50. The van der Waals surface area contributed by atoms with Gasteiger partial charge in [0, 0.05) is 34.8 Å². The third-order valence-corrected chi connectivity index (χ3v) is 5.07. The van der Waals surface area contributed by atoms with Gasteiger partial charge in [0.05, 0.1) is 6.54 Å². The van der Waals surface area contributed by atoms with Crippen molar-refractivity contribution in [2.24, 2.45) is 12.0 Å². The van der Waals surface area contributed by atoms with Gasteiger partial charge in [-0.2, -0.15) is 0 Å². The van der Waals surface area contributed by atoms with Gasteiger partial charge in [0.15, 0.2) is 11.8 Å². The molecule has 2 rings (SSSR count). The fraction of sp³-hybridized carbons (Fsp3) is 0.438. The van der Waals surface area contributed by atoms with Crippen molar-refractivity contribution in [2.75, 3.05) is 13.6 Å².